The van der Waals surface area contributed by atoms with Crippen LogP contribution in [0.5, 0.6) is 5.75 Å². The molecule has 0 fully saturated rings. The first kappa shape index (κ1) is 16.1. The molecule has 22 heavy (non-hydrogen) atoms. The summed E-state index contributed by atoms with van der Waals surface area (Å²) in [7, 11) is 1.62. The van der Waals surface area contributed by atoms with E-state index in [2.05, 4.69) is 5.32 Å². The number of furan rings is 1. The predicted octanol–water partition coefficient (Wildman–Crippen LogP) is 2.24. The number of ether oxygens (including phenoxy) is 1. The third-order valence-corrected chi connectivity index (χ3v) is 3.48. The van der Waals surface area contributed by atoms with Crippen LogP contribution in [-0.2, 0) is 16.8 Å². The van der Waals surface area contributed by atoms with Crippen molar-refractivity contribution in [3.05, 3.63) is 54.0 Å². The van der Waals surface area contributed by atoms with E-state index in [0.29, 0.717) is 18.6 Å². The molecule has 0 aliphatic carbocycles. The van der Waals surface area contributed by atoms with Crippen molar-refractivity contribution in [2.24, 2.45) is 0 Å². The molecular formula is C17H21NO4. The maximum Gasteiger partial charge on any atom is 0.220 e. The molecule has 0 radical (unpaired) electrons. The molecule has 1 unspecified atom stereocenters. The van der Waals surface area contributed by atoms with Crippen LogP contribution in [-0.4, -0.2) is 24.7 Å². The van der Waals surface area contributed by atoms with E-state index in [1.807, 2.05) is 24.3 Å². The summed E-state index contributed by atoms with van der Waals surface area (Å²) in [6.45, 7) is 1.72. The molecule has 2 N–H and O–H groups in total. The molecule has 118 valence electrons. The van der Waals surface area contributed by atoms with Crippen LogP contribution in [0.15, 0.2) is 47.1 Å². The van der Waals surface area contributed by atoms with E-state index in [1.165, 1.54) is 6.26 Å². The summed E-state index contributed by atoms with van der Waals surface area (Å²) in [5.74, 6) is 1.12. The van der Waals surface area contributed by atoms with Gasteiger partial charge in [-0.1, -0.05) is 12.1 Å². The SMILES string of the molecule is COc1ccc(CCC(=O)NCC(C)(O)c2ccco2)cc1. The van der Waals surface area contributed by atoms with Gasteiger partial charge >= 0.3 is 0 Å². The van der Waals surface area contributed by atoms with Crippen LogP contribution in [0.1, 0.15) is 24.7 Å². The molecule has 1 aromatic heterocycles. The van der Waals surface area contributed by atoms with Gasteiger partial charge in [0.2, 0.25) is 5.91 Å². The number of amides is 1. The van der Waals surface area contributed by atoms with Gasteiger partial charge in [-0.3, -0.25) is 4.79 Å². The Hall–Kier alpha value is -2.27. The number of rotatable bonds is 7. The molecule has 1 amide bonds. The Balaban J connectivity index is 1.78. The van der Waals surface area contributed by atoms with Gasteiger partial charge in [-0.15, -0.1) is 0 Å². The number of benzene rings is 1. The van der Waals surface area contributed by atoms with E-state index in [1.54, 1.807) is 26.2 Å². The lowest BCUT2D eigenvalue weighted by atomic mass is 10.0. The highest BCUT2D eigenvalue weighted by Gasteiger charge is 2.26. The van der Waals surface area contributed by atoms with Crippen molar-refractivity contribution < 1.29 is 19.1 Å². The van der Waals surface area contributed by atoms with Crippen LogP contribution < -0.4 is 10.1 Å². The van der Waals surface area contributed by atoms with E-state index in [0.717, 1.165) is 11.3 Å². The highest BCUT2D eigenvalue weighted by molar-refractivity contribution is 5.76. The van der Waals surface area contributed by atoms with E-state index >= 15 is 0 Å². The summed E-state index contributed by atoms with van der Waals surface area (Å²) in [4.78, 5) is 11.9. The van der Waals surface area contributed by atoms with Crippen molar-refractivity contribution in [2.45, 2.75) is 25.4 Å². The van der Waals surface area contributed by atoms with Gasteiger partial charge in [0.25, 0.3) is 0 Å². The number of methoxy groups -OCH3 is 1. The lowest BCUT2D eigenvalue weighted by molar-refractivity contribution is -0.122. The van der Waals surface area contributed by atoms with E-state index in [9.17, 15) is 9.90 Å². The molecule has 0 saturated carbocycles. The van der Waals surface area contributed by atoms with Crippen LogP contribution in [0.25, 0.3) is 0 Å². The molecule has 5 heteroatoms. The largest absolute Gasteiger partial charge is 0.497 e. The number of carbonyl (C=O) groups is 1. The first-order valence-corrected chi connectivity index (χ1v) is 7.17. The standard InChI is InChI=1S/C17H21NO4/c1-17(20,15-4-3-11-22-15)12-18-16(19)10-7-13-5-8-14(21-2)9-6-13/h3-6,8-9,11,20H,7,10,12H2,1-2H3,(H,18,19). The third kappa shape index (κ3) is 4.36. The molecule has 1 atom stereocenters. The second kappa shape index (κ2) is 7.13. The van der Waals surface area contributed by atoms with Gasteiger partial charge in [0.15, 0.2) is 0 Å². The van der Waals surface area contributed by atoms with E-state index < -0.39 is 5.60 Å². The van der Waals surface area contributed by atoms with E-state index in [4.69, 9.17) is 9.15 Å². The molecular weight excluding hydrogens is 282 g/mol. The van der Waals surface area contributed by atoms with Crippen molar-refractivity contribution in [3.63, 3.8) is 0 Å². The second-order valence-electron chi connectivity index (χ2n) is 5.38. The van der Waals surface area contributed by atoms with Gasteiger partial charge in [-0.05, 0) is 43.2 Å². The van der Waals surface area contributed by atoms with Crippen molar-refractivity contribution in [2.75, 3.05) is 13.7 Å². The monoisotopic (exact) mass is 303 g/mol. The minimum Gasteiger partial charge on any atom is -0.497 e. The van der Waals surface area contributed by atoms with Gasteiger partial charge in [0, 0.05) is 6.42 Å². The maximum atomic E-state index is 11.9. The lowest BCUT2D eigenvalue weighted by Gasteiger charge is -2.21. The van der Waals surface area contributed by atoms with Crippen LogP contribution in [0.2, 0.25) is 0 Å². The fraction of sp³-hybridized carbons (Fsp3) is 0.353. The van der Waals surface area contributed by atoms with Gasteiger partial charge in [0.05, 0.1) is 19.9 Å². The average Bonchev–Trinajstić information content (AvgIpc) is 3.07. The molecule has 0 aliphatic heterocycles. The molecule has 0 saturated heterocycles. The zero-order chi connectivity index (χ0) is 16.0. The van der Waals surface area contributed by atoms with Crippen molar-refractivity contribution in [1.29, 1.82) is 0 Å². The Labute approximate surface area is 129 Å². The average molecular weight is 303 g/mol. The van der Waals surface area contributed by atoms with Crippen molar-refractivity contribution >= 4 is 5.91 Å². The van der Waals surface area contributed by atoms with Gasteiger partial charge < -0.3 is 19.6 Å². The van der Waals surface area contributed by atoms with Crippen LogP contribution >= 0.6 is 0 Å². The zero-order valence-electron chi connectivity index (χ0n) is 12.8. The Morgan fingerprint density at radius 1 is 1.32 bits per heavy atom. The van der Waals surface area contributed by atoms with Crippen molar-refractivity contribution in [3.8, 4) is 5.75 Å². The number of hydrogen-bond donors (Lipinski definition) is 2. The highest BCUT2D eigenvalue weighted by atomic mass is 16.5. The number of nitrogens with one attached hydrogen (secondary N) is 1. The topological polar surface area (TPSA) is 71.7 Å². The molecule has 1 heterocycles. The molecule has 2 rings (SSSR count). The Morgan fingerprint density at radius 3 is 2.64 bits per heavy atom. The number of aryl methyl sites for hydroxylation is 1. The van der Waals surface area contributed by atoms with E-state index in [-0.39, 0.29) is 12.5 Å². The van der Waals surface area contributed by atoms with Crippen LogP contribution in [0.3, 0.4) is 0 Å². The molecule has 5 nitrogen and oxygen atoms in total. The third-order valence-electron chi connectivity index (χ3n) is 3.48. The summed E-state index contributed by atoms with van der Waals surface area (Å²) < 4.78 is 10.3. The second-order valence-corrected chi connectivity index (χ2v) is 5.38. The lowest BCUT2D eigenvalue weighted by Crippen LogP contribution is -2.38. The minimum absolute atomic E-state index is 0.109. The number of carbonyl (C=O) groups excluding carboxylic acids is 1. The summed E-state index contributed by atoms with van der Waals surface area (Å²) in [6.07, 6.45) is 2.49. The van der Waals surface area contributed by atoms with Gasteiger partial charge in [-0.25, -0.2) is 0 Å². The zero-order valence-corrected chi connectivity index (χ0v) is 12.8. The van der Waals surface area contributed by atoms with Gasteiger partial charge in [-0.2, -0.15) is 0 Å². The normalized spacial score (nSPS) is 13.4. The summed E-state index contributed by atoms with van der Waals surface area (Å²) in [6, 6.07) is 11.0. The van der Waals surface area contributed by atoms with Crippen LogP contribution in [0.4, 0.5) is 0 Å². The fourth-order valence-corrected chi connectivity index (χ4v) is 2.08. The Bertz CT molecular complexity index is 588. The van der Waals surface area contributed by atoms with Crippen molar-refractivity contribution in [1.82, 2.24) is 5.32 Å². The first-order chi connectivity index (χ1) is 10.5. The summed E-state index contributed by atoms with van der Waals surface area (Å²) in [5, 5.41) is 13.0. The summed E-state index contributed by atoms with van der Waals surface area (Å²) in [5.41, 5.74) is -0.145. The molecule has 2 aromatic rings. The summed E-state index contributed by atoms with van der Waals surface area (Å²) >= 11 is 0. The fourth-order valence-electron chi connectivity index (χ4n) is 2.08. The quantitative estimate of drug-likeness (QED) is 0.823. The molecule has 1 aromatic carbocycles. The minimum atomic E-state index is -1.21. The first-order valence-electron chi connectivity index (χ1n) is 7.17. The Morgan fingerprint density at radius 2 is 2.05 bits per heavy atom. The smallest absolute Gasteiger partial charge is 0.220 e. The predicted molar refractivity (Wildman–Crippen MR) is 82.6 cm³/mol. The number of aliphatic hydroxyl groups is 1. The Kier molecular flexibility index (Phi) is 5.22. The molecule has 0 spiro atoms. The highest BCUT2D eigenvalue weighted by Crippen LogP contribution is 2.19. The molecule has 0 bridgehead atoms. The van der Waals surface area contributed by atoms with Crippen LogP contribution in [0, 0.1) is 0 Å². The maximum absolute atomic E-state index is 11.9. The van der Waals surface area contributed by atoms with Gasteiger partial charge in [0.1, 0.15) is 17.1 Å². The number of hydrogen-bond acceptors (Lipinski definition) is 4. The molecule has 0 aliphatic rings.